The van der Waals surface area contributed by atoms with Crippen molar-refractivity contribution in [3.63, 3.8) is 0 Å². The number of hydrogen-bond acceptors (Lipinski definition) is 10. The largest absolute Gasteiger partial charge is 0.346 e. The first-order valence-corrected chi connectivity index (χ1v) is 14.0. The highest BCUT2D eigenvalue weighted by Gasteiger charge is 2.36. The molecule has 4 aromatic rings. The molecule has 1 fully saturated rings. The Bertz CT molecular complexity index is 1560. The normalized spacial score (nSPS) is 21.5. The Hall–Kier alpha value is -3.48. The first kappa shape index (κ1) is 25.8. The number of amides is 2. The average Bonchev–Trinajstić information content (AvgIpc) is 3.55. The number of thiazole rings is 1. The van der Waals surface area contributed by atoms with Gasteiger partial charge in [-0.05, 0) is 51.4 Å². The zero-order valence-corrected chi connectivity index (χ0v) is 23.1. The SMILES string of the molecule is Cc1noc([C@H]2CC[C@H](NC(=O)c3cc4ccc(Cl)cc4nn3)[C@H](NC(=O)c3nc4c(s3)CN(C)CC4)C2)n1. The third-order valence-electron chi connectivity index (χ3n) is 7.27. The molecule has 3 aromatic heterocycles. The molecule has 13 heteroatoms. The van der Waals surface area contributed by atoms with Crippen molar-refractivity contribution in [1.82, 2.24) is 40.9 Å². The van der Waals surface area contributed by atoms with E-state index in [1.54, 1.807) is 31.2 Å². The molecular formula is C26H27ClN8O3S. The fourth-order valence-electron chi connectivity index (χ4n) is 5.22. The number of hydrogen-bond donors (Lipinski definition) is 2. The van der Waals surface area contributed by atoms with E-state index < -0.39 is 0 Å². The highest BCUT2D eigenvalue weighted by Crippen LogP contribution is 2.33. The second-order valence-electron chi connectivity index (χ2n) is 10.2. The van der Waals surface area contributed by atoms with E-state index in [1.165, 1.54) is 11.3 Å². The number of halogens is 1. The summed E-state index contributed by atoms with van der Waals surface area (Å²) in [5.41, 5.74) is 1.80. The van der Waals surface area contributed by atoms with Crippen molar-refractivity contribution in [3.8, 4) is 0 Å². The number of nitrogens with one attached hydrogen (secondary N) is 2. The molecule has 2 N–H and O–H groups in total. The summed E-state index contributed by atoms with van der Waals surface area (Å²) in [5.74, 6) is 0.473. The number of fused-ring (bicyclic) bond motifs is 2. The molecule has 1 aliphatic carbocycles. The summed E-state index contributed by atoms with van der Waals surface area (Å²) >= 11 is 7.47. The molecule has 0 bridgehead atoms. The van der Waals surface area contributed by atoms with Crippen LogP contribution in [0.25, 0.3) is 10.9 Å². The zero-order valence-electron chi connectivity index (χ0n) is 21.5. The lowest BCUT2D eigenvalue weighted by molar-refractivity contribution is 0.0849. The van der Waals surface area contributed by atoms with Crippen LogP contribution in [0, 0.1) is 6.92 Å². The lowest BCUT2D eigenvalue weighted by Crippen LogP contribution is -2.54. The molecular weight excluding hydrogens is 540 g/mol. The van der Waals surface area contributed by atoms with Crippen LogP contribution in [0.4, 0.5) is 0 Å². The predicted molar refractivity (Wildman–Crippen MR) is 145 cm³/mol. The zero-order chi connectivity index (χ0) is 27.1. The highest BCUT2D eigenvalue weighted by atomic mass is 35.5. The van der Waals surface area contributed by atoms with Gasteiger partial charge in [0.25, 0.3) is 11.8 Å². The quantitative estimate of drug-likeness (QED) is 0.372. The molecule has 39 heavy (non-hydrogen) atoms. The van der Waals surface area contributed by atoms with Gasteiger partial charge in [0.15, 0.2) is 16.5 Å². The van der Waals surface area contributed by atoms with Gasteiger partial charge < -0.3 is 20.1 Å². The lowest BCUT2D eigenvalue weighted by atomic mass is 9.82. The number of benzene rings is 1. The smallest absolute Gasteiger partial charge is 0.280 e. The third-order valence-corrected chi connectivity index (χ3v) is 8.59. The first-order valence-electron chi connectivity index (χ1n) is 12.8. The number of aromatic nitrogens is 5. The summed E-state index contributed by atoms with van der Waals surface area (Å²) in [4.78, 5) is 39.0. The van der Waals surface area contributed by atoms with Crippen LogP contribution in [-0.4, -0.2) is 67.7 Å². The fraction of sp³-hybridized carbons (Fsp3) is 0.423. The van der Waals surface area contributed by atoms with Crippen molar-refractivity contribution in [2.75, 3.05) is 13.6 Å². The van der Waals surface area contributed by atoms with E-state index in [1.807, 2.05) is 0 Å². The molecule has 0 saturated heterocycles. The van der Waals surface area contributed by atoms with E-state index in [4.69, 9.17) is 16.1 Å². The number of aryl methyl sites for hydroxylation is 1. The van der Waals surface area contributed by atoms with Gasteiger partial charge in [0, 0.05) is 46.8 Å². The van der Waals surface area contributed by atoms with Crippen LogP contribution in [0.1, 0.15) is 67.8 Å². The van der Waals surface area contributed by atoms with Crippen LogP contribution in [-0.2, 0) is 13.0 Å². The highest BCUT2D eigenvalue weighted by molar-refractivity contribution is 7.13. The molecule has 202 valence electrons. The minimum atomic E-state index is -0.372. The molecule has 1 saturated carbocycles. The summed E-state index contributed by atoms with van der Waals surface area (Å²) in [6.45, 7) is 3.49. The van der Waals surface area contributed by atoms with Crippen LogP contribution in [0.15, 0.2) is 28.8 Å². The Morgan fingerprint density at radius 1 is 1.10 bits per heavy atom. The Kier molecular flexibility index (Phi) is 7.00. The molecule has 6 rings (SSSR count). The number of nitrogens with zero attached hydrogens (tertiary/aromatic N) is 6. The molecule has 0 spiro atoms. The van der Waals surface area contributed by atoms with Crippen LogP contribution < -0.4 is 10.6 Å². The van der Waals surface area contributed by atoms with Gasteiger partial charge in [-0.25, -0.2) is 4.98 Å². The van der Waals surface area contributed by atoms with Crippen LogP contribution >= 0.6 is 22.9 Å². The van der Waals surface area contributed by atoms with Gasteiger partial charge in [-0.15, -0.1) is 21.5 Å². The van der Waals surface area contributed by atoms with Gasteiger partial charge in [0.05, 0.1) is 17.3 Å². The third kappa shape index (κ3) is 5.49. The molecule has 0 unspecified atom stereocenters. The predicted octanol–water partition coefficient (Wildman–Crippen LogP) is 3.28. The standard InChI is InChI=1S/C26H27ClN8O3S/c1-13-28-25(38-34-13)15-4-6-17(29-23(36)21-9-14-3-5-16(27)11-19(14)32-33-21)20(10-15)30-24(37)26-31-18-7-8-35(2)12-22(18)39-26/h3,5,9,11,15,17,20H,4,6-8,10,12H2,1-2H3,(H,29,36)(H,30,37)/t15-,17-,20+/m0/s1. The van der Waals surface area contributed by atoms with E-state index in [9.17, 15) is 9.59 Å². The minimum Gasteiger partial charge on any atom is -0.346 e. The Morgan fingerprint density at radius 3 is 2.77 bits per heavy atom. The maximum absolute atomic E-state index is 13.4. The van der Waals surface area contributed by atoms with E-state index in [0.29, 0.717) is 40.1 Å². The lowest BCUT2D eigenvalue weighted by Gasteiger charge is -2.35. The maximum Gasteiger partial charge on any atom is 0.280 e. The van der Waals surface area contributed by atoms with Gasteiger partial charge in [0.2, 0.25) is 5.89 Å². The Morgan fingerprint density at radius 2 is 1.95 bits per heavy atom. The molecule has 4 heterocycles. The Balaban J connectivity index is 1.21. The van der Waals surface area contributed by atoms with Crippen LogP contribution in [0.3, 0.4) is 0 Å². The van der Waals surface area contributed by atoms with E-state index in [0.717, 1.165) is 41.9 Å². The van der Waals surface area contributed by atoms with Gasteiger partial charge >= 0.3 is 0 Å². The minimum absolute atomic E-state index is 0.0342. The summed E-state index contributed by atoms with van der Waals surface area (Å²) in [5, 5.41) is 20.2. The van der Waals surface area contributed by atoms with E-state index in [-0.39, 0.29) is 35.5 Å². The second kappa shape index (κ2) is 10.6. The fourth-order valence-corrected chi connectivity index (χ4v) is 6.48. The van der Waals surface area contributed by atoms with Gasteiger partial charge in [0.1, 0.15) is 0 Å². The summed E-state index contributed by atoms with van der Waals surface area (Å²) < 4.78 is 5.44. The number of carbonyl (C=O) groups is 2. The maximum atomic E-state index is 13.4. The van der Waals surface area contributed by atoms with E-state index in [2.05, 4.69) is 47.9 Å². The molecule has 1 aromatic carbocycles. The Labute approximate surface area is 233 Å². The number of rotatable bonds is 5. The summed E-state index contributed by atoms with van der Waals surface area (Å²) in [6.07, 6.45) is 2.70. The molecule has 2 aliphatic rings. The average molecular weight is 567 g/mol. The molecule has 0 radical (unpaired) electrons. The van der Waals surface area contributed by atoms with Crippen LogP contribution in [0.5, 0.6) is 0 Å². The second-order valence-corrected chi connectivity index (χ2v) is 11.7. The van der Waals surface area contributed by atoms with Crippen molar-refractivity contribution in [3.05, 3.63) is 62.3 Å². The van der Waals surface area contributed by atoms with Crippen molar-refractivity contribution in [2.45, 2.75) is 57.2 Å². The van der Waals surface area contributed by atoms with Gasteiger partial charge in [-0.3, -0.25) is 9.59 Å². The van der Waals surface area contributed by atoms with Crippen LogP contribution in [0.2, 0.25) is 5.02 Å². The van der Waals surface area contributed by atoms with Crippen molar-refractivity contribution < 1.29 is 14.1 Å². The van der Waals surface area contributed by atoms with Crippen molar-refractivity contribution >= 4 is 45.7 Å². The topological polar surface area (TPSA) is 139 Å². The van der Waals surface area contributed by atoms with Crippen molar-refractivity contribution in [1.29, 1.82) is 0 Å². The number of carbonyl (C=O) groups excluding carboxylic acids is 2. The summed E-state index contributed by atoms with van der Waals surface area (Å²) in [6, 6.07) is 6.23. The number of likely N-dealkylation sites (N-methyl/N-ethyl adjacent to an activating group) is 1. The van der Waals surface area contributed by atoms with E-state index >= 15 is 0 Å². The molecule has 1 aliphatic heterocycles. The van der Waals surface area contributed by atoms with Crippen molar-refractivity contribution in [2.24, 2.45) is 0 Å². The summed E-state index contributed by atoms with van der Waals surface area (Å²) in [7, 11) is 2.06. The van der Waals surface area contributed by atoms with Gasteiger partial charge in [-0.1, -0.05) is 22.8 Å². The molecule has 3 atom stereocenters. The monoisotopic (exact) mass is 566 g/mol. The molecule has 2 amide bonds. The molecule has 11 nitrogen and oxygen atoms in total. The first-order chi connectivity index (χ1) is 18.8. The van der Waals surface area contributed by atoms with Gasteiger partial charge in [-0.2, -0.15) is 4.98 Å².